The van der Waals surface area contributed by atoms with Gasteiger partial charge in [-0.3, -0.25) is 4.90 Å². The molecule has 3 nitrogen and oxygen atoms in total. The molecule has 0 atom stereocenters. The van der Waals surface area contributed by atoms with Gasteiger partial charge < -0.3 is 0 Å². The van der Waals surface area contributed by atoms with Gasteiger partial charge in [0, 0.05) is 31.5 Å². The van der Waals surface area contributed by atoms with Crippen LogP contribution in [0.25, 0.3) is 5.57 Å². The molecule has 4 heteroatoms. The topological polar surface area (TPSA) is 29.0 Å². The molecule has 2 heterocycles. The Hall–Kier alpha value is -0.930. The molecule has 0 N–H and O–H groups in total. The number of hydrogen-bond acceptors (Lipinski definition) is 3. The highest BCUT2D eigenvalue weighted by atomic mass is 35.5. The first kappa shape index (κ1) is 11.6. The molecular formula is C12H16ClN3. The Morgan fingerprint density at radius 3 is 2.50 bits per heavy atom. The van der Waals surface area contributed by atoms with E-state index >= 15 is 0 Å². The Balaban J connectivity index is 2.10. The lowest BCUT2D eigenvalue weighted by molar-refractivity contribution is 0.245. The van der Waals surface area contributed by atoms with E-state index in [1.54, 1.807) is 12.4 Å². The minimum absolute atomic E-state index is 0.587. The monoisotopic (exact) mass is 237 g/mol. The van der Waals surface area contributed by atoms with E-state index in [4.69, 9.17) is 11.6 Å². The highest BCUT2D eigenvalue weighted by Crippen LogP contribution is 2.20. The third-order valence-corrected chi connectivity index (χ3v) is 3.07. The van der Waals surface area contributed by atoms with Crippen molar-refractivity contribution in [1.29, 1.82) is 0 Å². The quantitative estimate of drug-likeness (QED) is 0.792. The summed E-state index contributed by atoms with van der Waals surface area (Å²) in [7, 11) is 0. The van der Waals surface area contributed by atoms with Crippen LogP contribution in [0.15, 0.2) is 18.5 Å². The Morgan fingerprint density at radius 2 is 2.00 bits per heavy atom. The van der Waals surface area contributed by atoms with Crippen molar-refractivity contribution in [2.45, 2.75) is 26.3 Å². The molecule has 0 saturated carbocycles. The Morgan fingerprint density at radius 1 is 1.31 bits per heavy atom. The molecule has 0 aliphatic carbocycles. The van der Waals surface area contributed by atoms with E-state index in [0.717, 1.165) is 25.3 Å². The van der Waals surface area contributed by atoms with E-state index in [-0.39, 0.29) is 0 Å². The second-order valence-corrected chi connectivity index (χ2v) is 4.73. The van der Waals surface area contributed by atoms with Crippen LogP contribution in [0.4, 0.5) is 0 Å². The third-order valence-electron chi connectivity index (χ3n) is 2.88. The zero-order valence-electron chi connectivity index (χ0n) is 9.65. The normalized spacial score (nSPS) is 17.6. The number of rotatable bonds is 2. The molecule has 16 heavy (non-hydrogen) atoms. The summed E-state index contributed by atoms with van der Waals surface area (Å²) in [5.74, 6) is 0.813. The molecule has 1 aromatic rings. The van der Waals surface area contributed by atoms with Crippen LogP contribution < -0.4 is 0 Å². The minimum Gasteiger partial charge on any atom is -0.297 e. The number of hydrogen-bond donors (Lipinski definition) is 0. The average molecular weight is 238 g/mol. The van der Waals surface area contributed by atoms with Gasteiger partial charge in [0.25, 0.3) is 0 Å². The largest absolute Gasteiger partial charge is 0.297 e. The first-order valence-corrected chi connectivity index (χ1v) is 5.95. The fraction of sp³-hybridized carbons (Fsp3) is 0.500. The number of aromatic nitrogens is 2. The average Bonchev–Trinajstić information content (AvgIpc) is 2.30. The van der Waals surface area contributed by atoms with E-state index in [0.29, 0.717) is 11.1 Å². The highest BCUT2D eigenvalue weighted by molar-refractivity contribution is 6.30. The van der Waals surface area contributed by atoms with Crippen molar-refractivity contribution in [1.82, 2.24) is 14.9 Å². The van der Waals surface area contributed by atoms with Crippen LogP contribution in [0.1, 0.15) is 26.1 Å². The molecule has 0 aromatic carbocycles. The van der Waals surface area contributed by atoms with Crippen LogP contribution in [0.3, 0.4) is 0 Å². The Bertz CT molecular complexity index is 384. The zero-order chi connectivity index (χ0) is 11.5. The smallest absolute Gasteiger partial charge is 0.154 e. The van der Waals surface area contributed by atoms with Crippen molar-refractivity contribution in [2.24, 2.45) is 0 Å². The maximum absolute atomic E-state index is 5.76. The van der Waals surface area contributed by atoms with Gasteiger partial charge in [-0.1, -0.05) is 17.7 Å². The lowest BCUT2D eigenvalue weighted by Crippen LogP contribution is -2.34. The molecule has 0 saturated heterocycles. The van der Waals surface area contributed by atoms with Gasteiger partial charge in [-0.05, 0) is 25.8 Å². The predicted octanol–water partition coefficient (Wildman–Crippen LogP) is 2.63. The summed E-state index contributed by atoms with van der Waals surface area (Å²) >= 11 is 5.76. The molecule has 0 amide bonds. The molecule has 1 aliphatic rings. The summed E-state index contributed by atoms with van der Waals surface area (Å²) in [4.78, 5) is 10.9. The third kappa shape index (κ3) is 2.60. The second-order valence-electron chi connectivity index (χ2n) is 4.29. The van der Waals surface area contributed by atoms with Gasteiger partial charge in [0.15, 0.2) is 5.82 Å². The maximum atomic E-state index is 5.76. The van der Waals surface area contributed by atoms with E-state index in [2.05, 4.69) is 34.8 Å². The Kier molecular flexibility index (Phi) is 3.56. The predicted molar refractivity (Wildman–Crippen MR) is 66.3 cm³/mol. The second kappa shape index (κ2) is 4.93. The van der Waals surface area contributed by atoms with E-state index < -0.39 is 0 Å². The summed E-state index contributed by atoms with van der Waals surface area (Å²) in [6.07, 6.45) is 6.53. The lowest BCUT2D eigenvalue weighted by atomic mass is 10.1. The van der Waals surface area contributed by atoms with Crippen LogP contribution in [-0.4, -0.2) is 34.0 Å². The highest BCUT2D eigenvalue weighted by Gasteiger charge is 2.16. The minimum atomic E-state index is 0.587. The van der Waals surface area contributed by atoms with Gasteiger partial charge in [-0.25, -0.2) is 9.97 Å². The van der Waals surface area contributed by atoms with E-state index in [1.807, 2.05) is 0 Å². The van der Waals surface area contributed by atoms with Crippen LogP contribution >= 0.6 is 11.6 Å². The maximum Gasteiger partial charge on any atom is 0.154 e. The van der Waals surface area contributed by atoms with Crippen molar-refractivity contribution in [3.63, 3.8) is 0 Å². The van der Waals surface area contributed by atoms with Gasteiger partial charge in [0.05, 0.1) is 5.02 Å². The fourth-order valence-electron chi connectivity index (χ4n) is 1.84. The molecule has 86 valence electrons. The standard InChI is InChI=1S/C12H16ClN3/c1-9(2)16-5-3-10(4-6-16)12-14-7-11(13)8-15-12/h3,7-9H,4-6H2,1-2H3. The van der Waals surface area contributed by atoms with E-state index in [9.17, 15) is 0 Å². The first-order chi connectivity index (χ1) is 7.66. The van der Waals surface area contributed by atoms with Gasteiger partial charge in [-0.15, -0.1) is 0 Å². The summed E-state index contributed by atoms with van der Waals surface area (Å²) in [6, 6.07) is 0.601. The molecule has 0 radical (unpaired) electrons. The van der Waals surface area contributed by atoms with Crippen LogP contribution in [0.2, 0.25) is 5.02 Å². The Labute approximate surface area is 101 Å². The fourth-order valence-corrected chi connectivity index (χ4v) is 1.93. The first-order valence-electron chi connectivity index (χ1n) is 5.58. The van der Waals surface area contributed by atoms with E-state index in [1.165, 1.54) is 5.57 Å². The zero-order valence-corrected chi connectivity index (χ0v) is 10.4. The van der Waals surface area contributed by atoms with Crippen molar-refractivity contribution >= 4 is 17.2 Å². The summed E-state index contributed by atoms with van der Waals surface area (Å²) in [5.41, 5.74) is 1.23. The van der Waals surface area contributed by atoms with Gasteiger partial charge in [0.1, 0.15) is 0 Å². The molecule has 0 fully saturated rings. The van der Waals surface area contributed by atoms with Crippen LogP contribution in [0.5, 0.6) is 0 Å². The molecule has 0 bridgehead atoms. The molecule has 0 unspecified atom stereocenters. The summed E-state index contributed by atoms with van der Waals surface area (Å²) < 4.78 is 0. The number of halogens is 1. The van der Waals surface area contributed by atoms with Crippen molar-refractivity contribution in [3.8, 4) is 0 Å². The SMILES string of the molecule is CC(C)N1CC=C(c2ncc(Cl)cn2)CC1. The van der Waals surface area contributed by atoms with Gasteiger partial charge in [-0.2, -0.15) is 0 Å². The van der Waals surface area contributed by atoms with Crippen molar-refractivity contribution in [2.75, 3.05) is 13.1 Å². The molecule has 1 aliphatic heterocycles. The van der Waals surface area contributed by atoms with Crippen LogP contribution in [0, 0.1) is 0 Å². The molecular weight excluding hydrogens is 222 g/mol. The van der Waals surface area contributed by atoms with Crippen molar-refractivity contribution in [3.05, 3.63) is 29.3 Å². The molecule has 0 spiro atoms. The summed E-state index contributed by atoms with van der Waals surface area (Å²) in [6.45, 7) is 6.50. The van der Waals surface area contributed by atoms with Crippen molar-refractivity contribution < 1.29 is 0 Å². The lowest BCUT2D eigenvalue weighted by Gasteiger charge is -2.29. The summed E-state index contributed by atoms with van der Waals surface area (Å²) in [5, 5.41) is 0.587. The molecule has 1 aromatic heterocycles. The van der Waals surface area contributed by atoms with Gasteiger partial charge >= 0.3 is 0 Å². The number of nitrogens with zero attached hydrogens (tertiary/aromatic N) is 3. The molecule has 2 rings (SSSR count). The van der Waals surface area contributed by atoms with Crippen LogP contribution in [-0.2, 0) is 0 Å². The van der Waals surface area contributed by atoms with Gasteiger partial charge in [0.2, 0.25) is 0 Å².